The molecule has 0 N–H and O–H groups in total. The molecule has 0 aliphatic heterocycles. The Balaban J connectivity index is 0.00000392. The molecule has 0 amide bonds. The Morgan fingerprint density at radius 3 is 2.00 bits per heavy atom. The number of carbonyl (C=O) groups is 1. The van der Waals surface area contributed by atoms with Crippen molar-refractivity contribution in [2.24, 2.45) is 0 Å². The lowest BCUT2D eigenvalue weighted by Gasteiger charge is -2.39. The molecule has 0 aromatic heterocycles. The first-order valence-corrected chi connectivity index (χ1v) is 14.8. The van der Waals surface area contributed by atoms with E-state index in [1.165, 1.54) is 5.30 Å². The first kappa shape index (κ1) is 24.7. The third kappa shape index (κ3) is 6.90. The number of rotatable bonds is 7. The molecule has 0 fully saturated rings. The fourth-order valence-electron chi connectivity index (χ4n) is 2.83. The lowest BCUT2D eigenvalue weighted by molar-refractivity contribution is -0.145. The second-order valence-corrected chi connectivity index (χ2v) is 16.8. The van der Waals surface area contributed by atoms with Crippen LogP contribution >= 0.6 is 7.92 Å². The summed E-state index contributed by atoms with van der Waals surface area (Å²) in [5, 5.41) is 1.50. The van der Waals surface area contributed by atoms with Crippen LogP contribution in [0.4, 0.5) is 0 Å². The van der Waals surface area contributed by atoms with Crippen molar-refractivity contribution in [1.29, 1.82) is 0 Å². The van der Waals surface area contributed by atoms with Gasteiger partial charge in [0.1, 0.15) is 6.10 Å². The minimum Gasteiger partial charge on any atom is -0.458 e. The minimum absolute atomic E-state index is 0. The maximum atomic E-state index is 12.8. The highest BCUT2D eigenvalue weighted by molar-refractivity contribution is 7.65. The molecule has 2 nitrogen and oxygen atoms in total. The quantitative estimate of drug-likeness (QED) is 0.325. The summed E-state index contributed by atoms with van der Waals surface area (Å²) < 4.78 is 6.07. The predicted octanol–water partition coefficient (Wildman–Crippen LogP) is 5.84. The second-order valence-electron chi connectivity index (χ2n) is 8.92. The molecule has 3 radical (unpaired) electrons. The Morgan fingerprint density at radius 1 is 1.00 bits per heavy atom. The molecule has 0 aliphatic carbocycles. The van der Waals surface area contributed by atoms with Gasteiger partial charge in [-0.15, -0.1) is 0 Å². The van der Waals surface area contributed by atoms with Gasteiger partial charge in [0.15, 0.2) is 0 Å². The zero-order valence-corrected chi connectivity index (χ0v) is 20.0. The molecule has 0 bridgehead atoms. The largest absolute Gasteiger partial charge is 0.458 e. The standard InChI is InChI=1S/C23H33O2PSi.B/c1-23(2,3)27(5,6)18-21(19-13-9-7-10-14-19)25-22(24)17-26(4)20-15-11-8-12-16-20;/h7-16,21H,17-18H2,1-6H3;/t21-,26?;/m1./s1. The van der Waals surface area contributed by atoms with Crippen LogP contribution in [0.2, 0.25) is 24.2 Å². The van der Waals surface area contributed by atoms with Gasteiger partial charge in [-0.05, 0) is 28.6 Å². The number of esters is 1. The van der Waals surface area contributed by atoms with Crippen LogP contribution in [0.1, 0.15) is 32.4 Å². The van der Waals surface area contributed by atoms with E-state index in [1.54, 1.807) is 0 Å². The minimum atomic E-state index is -1.59. The van der Waals surface area contributed by atoms with Crippen molar-refractivity contribution in [3.8, 4) is 0 Å². The fourth-order valence-corrected chi connectivity index (χ4v) is 6.01. The smallest absolute Gasteiger partial charge is 0.311 e. The van der Waals surface area contributed by atoms with Gasteiger partial charge in [-0.1, -0.05) is 102 Å². The van der Waals surface area contributed by atoms with Crippen molar-refractivity contribution in [3.05, 3.63) is 66.2 Å². The zero-order valence-electron chi connectivity index (χ0n) is 18.1. The number of hydrogen-bond acceptors (Lipinski definition) is 2. The predicted molar refractivity (Wildman–Crippen MR) is 127 cm³/mol. The number of ether oxygens (including phenoxy) is 1. The summed E-state index contributed by atoms with van der Waals surface area (Å²) in [6, 6.07) is 21.4. The van der Waals surface area contributed by atoms with Crippen molar-refractivity contribution < 1.29 is 9.53 Å². The van der Waals surface area contributed by atoms with Gasteiger partial charge in [0.25, 0.3) is 0 Å². The molecule has 0 spiro atoms. The molecular formula is C23H33BO2PSi. The molecule has 0 saturated carbocycles. The summed E-state index contributed by atoms with van der Waals surface area (Å²) in [7, 11) is -2.13. The summed E-state index contributed by atoms with van der Waals surface area (Å²) in [5.74, 6) is -0.0833. The normalized spacial score (nSPS) is 13.9. The van der Waals surface area contributed by atoms with E-state index in [1.807, 2.05) is 36.4 Å². The van der Waals surface area contributed by atoms with Gasteiger partial charge in [0.2, 0.25) is 0 Å². The molecule has 28 heavy (non-hydrogen) atoms. The topological polar surface area (TPSA) is 26.3 Å². The van der Waals surface area contributed by atoms with Crippen LogP contribution in [0, 0.1) is 0 Å². The molecule has 0 heterocycles. The number of hydrogen-bond donors (Lipinski definition) is 0. The summed E-state index contributed by atoms with van der Waals surface area (Å²) in [4.78, 5) is 12.8. The van der Waals surface area contributed by atoms with Crippen LogP contribution < -0.4 is 5.30 Å². The average molecular weight is 411 g/mol. The monoisotopic (exact) mass is 411 g/mol. The van der Waals surface area contributed by atoms with E-state index in [0.29, 0.717) is 6.16 Å². The lowest BCUT2D eigenvalue weighted by Crippen LogP contribution is -2.39. The van der Waals surface area contributed by atoms with E-state index in [0.717, 1.165) is 11.6 Å². The van der Waals surface area contributed by atoms with Crippen LogP contribution in [0.5, 0.6) is 0 Å². The van der Waals surface area contributed by atoms with Gasteiger partial charge in [-0.2, -0.15) is 0 Å². The Bertz CT molecular complexity index is 729. The summed E-state index contributed by atoms with van der Waals surface area (Å²) in [5.41, 5.74) is 1.11. The Hall–Kier alpha value is -1.38. The molecule has 0 saturated heterocycles. The van der Waals surface area contributed by atoms with Gasteiger partial charge in [-0.3, -0.25) is 4.79 Å². The van der Waals surface area contributed by atoms with Gasteiger partial charge < -0.3 is 4.74 Å². The van der Waals surface area contributed by atoms with E-state index in [9.17, 15) is 4.79 Å². The van der Waals surface area contributed by atoms with E-state index < -0.39 is 16.0 Å². The van der Waals surface area contributed by atoms with Crippen molar-refractivity contribution in [2.45, 2.75) is 51.1 Å². The van der Waals surface area contributed by atoms with E-state index in [2.05, 4.69) is 64.8 Å². The molecular weight excluding hydrogens is 378 g/mol. The fraction of sp³-hybridized carbons (Fsp3) is 0.435. The van der Waals surface area contributed by atoms with Crippen molar-refractivity contribution >= 4 is 35.7 Å². The highest BCUT2D eigenvalue weighted by Gasteiger charge is 2.38. The van der Waals surface area contributed by atoms with Crippen LogP contribution in [0.25, 0.3) is 0 Å². The van der Waals surface area contributed by atoms with Crippen LogP contribution in [0.3, 0.4) is 0 Å². The molecule has 5 heteroatoms. The zero-order chi connectivity index (χ0) is 20.1. The van der Waals surface area contributed by atoms with Gasteiger partial charge in [0, 0.05) is 8.41 Å². The number of benzene rings is 2. The average Bonchev–Trinajstić information content (AvgIpc) is 2.61. The summed E-state index contributed by atoms with van der Waals surface area (Å²) in [6.45, 7) is 13.9. The van der Waals surface area contributed by atoms with Crippen LogP contribution in [-0.4, -0.2) is 35.3 Å². The third-order valence-corrected chi connectivity index (χ3v) is 13.1. The van der Waals surface area contributed by atoms with Crippen LogP contribution in [0.15, 0.2) is 60.7 Å². The van der Waals surface area contributed by atoms with Gasteiger partial charge in [0.05, 0.1) is 14.2 Å². The molecule has 2 aromatic rings. The first-order chi connectivity index (χ1) is 12.6. The maximum Gasteiger partial charge on any atom is 0.311 e. The lowest BCUT2D eigenvalue weighted by atomic mass is 10.1. The third-order valence-electron chi connectivity index (χ3n) is 5.73. The van der Waals surface area contributed by atoms with Gasteiger partial charge >= 0.3 is 5.97 Å². The highest BCUT2D eigenvalue weighted by Crippen LogP contribution is 2.43. The van der Waals surface area contributed by atoms with Crippen LogP contribution in [-0.2, 0) is 9.53 Å². The molecule has 1 unspecified atom stereocenters. The van der Waals surface area contributed by atoms with E-state index in [-0.39, 0.29) is 25.5 Å². The molecule has 2 atom stereocenters. The molecule has 2 rings (SSSR count). The van der Waals surface area contributed by atoms with Crippen molar-refractivity contribution in [1.82, 2.24) is 0 Å². The Labute approximate surface area is 175 Å². The van der Waals surface area contributed by atoms with Crippen molar-refractivity contribution in [2.75, 3.05) is 12.8 Å². The highest BCUT2D eigenvalue weighted by atomic mass is 31.1. The Morgan fingerprint density at radius 2 is 1.50 bits per heavy atom. The molecule has 149 valence electrons. The van der Waals surface area contributed by atoms with E-state index in [4.69, 9.17) is 4.74 Å². The molecule has 2 aromatic carbocycles. The molecule has 0 aliphatic rings. The summed E-state index contributed by atoms with van der Waals surface area (Å²) in [6.07, 6.45) is 0.318. The maximum absolute atomic E-state index is 12.8. The van der Waals surface area contributed by atoms with Crippen molar-refractivity contribution in [3.63, 3.8) is 0 Å². The van der Waals surface area contributed by atoms with E-state index >= 15 is 0 Å². The summed E-state index contributed by atoms with van der Waals surface area (Å²) >= 11 is 0. The second kappa shape index (κ2) is 10.4. The first-order valence-electron chi connectivity index (χ1n) is 9.61. The Kier molecular flexibility index (Phi) is 9.17. The van der Waals surface area contributed by atoms with Gasteiger partial charge in [-0.25, -0.2) is 0 Å². The number of carbonyl (C=O) groups excluding carboxylic acids is 1. The SMILES string of the molecule is CP(CC(=O)O[C@H](C[Si](C)(C)C(C)(C)C)c1ccccc1)c1ccccc1.[B].